The van der Waals surface area contributed by atoms with E-state index in [9.17, 15) is 18.0 Å². The first kappa shape index (κ1) is 20.9. The Labute approximate surface area is 156 Å². The number of carbonyl (C=O) groups is 1. The van der Waals surface area contributed by atoms with Gasteiger partial charge in [-0.2, -0.15) is 18.2 Å². The molecule has 0 radical (unpaired) electrons. The second-order valence-electron chi connectivity index (χ2n) is 7.06. The van der Waals surface area contributed by atoms with Gasteiger partial charge in [-0.15, -0.1) is 0 Å². The van der Waals surface area contributed by atoms with Crippen molar-refractivity contribution in [2.75, 3.05) is 0 Å². The van der Waals surface area contributed by atoms with Crippen LogP contribution in [0.4, 0.5) is 13.2 Å². The van der Waals surface area contributed by atoms with Gasteiger partial charge in [0.05, 0.1) is 5.56 Å². The molecule has 0 unspecified atom stereocenters. The quantitative estimate of drug-likeness (QED) is 0.730. The Balaban J connectivity index is 2.22. The van der Waals surface area contributed by atoms with Gasteiger partial charge >= 0.3 is 6.18 Å². The van der Waals surface area contributed by atoms with Gasteiger partial charge in [0.15, 0.2) is 0 Å². The molecule has 8 heteroatoms. The number of nitrogens with one attached hydrogen (secondary N) is 1. The highest BCUT2D eigenvalue weighted by atomic mass is 19.4. The maximum Gasteiger partial charge on any atom is 0.416 e. The Kier molecular flexibility index (Phi) is 6.62. The monoisotopic (exact) mass is 383 g/mol. The van der Waals surface area contributed by atoms with Crippen LogP contribution in [-0.2, 0) is 11.0 Å². The fourth-order valence-electron chi connectivity index (χ4n) is 2.57. The molecule has 1 N–H and O–H groups in total. The molecule has 148 valence electrons. The predicted molar refractivity (Wildman–Crippen MR) is 94.5 cm³/mol. The maximum absolute atomic E-state index is 12.7. The number of hydrogen-bond donors (Lipinski definition) is 1. The predicted octanol–water partition coefficient (Wildman–Crippen LogP) is 5.00. The smallest absolute Gasteiger partial charge is 0.344 e. The van der Waals surface area contributed by atoms with Crippen molar-refractivity contribution < 1.29 is 22.5 Å². The van der Waals surface area contributed by atoms with Crippen LogP contribution in [0, 0.1) is 11.8 Å². The number of benzene rings is 1. The molecule has 1 aromatic carbocycles. The fraction of sp³-hybridized carbons (Fsp3) is 0.526. The number of hydrogen-bond acceptors (Lipinski definition) is 4. The van der Waals surface area contributed by atoms with Gasteiger partial charge in [0, 0.05) is 12.0 Å². The molecular formula is C19H24F3N3O2. The van der Waals surface area contributed by atoms with E-state index in [1.165, 1.54) is 12.1 Å². The maximum atomic E-state index is 12.7. The van der Waals surface area contributed by atoms with Crippen LogP contribution in [0.25, 0.3) is 11.4 Å². The average Bonchev–Trinajstić information content (AvgIpc) is 3.07. The number of alkyl halides is 3. The van der Waals surface area contributed by atoms with E-state index in [2.05, 4.69) is 15.5 Å². The van der Waals surface area contributed by atoms with Gasteiger partial charge in [0.2, 0.25) is 17.6 Å². The molecule has 27 heavy (non-hydrogen) atoms. The summed E-state index contributed by atoms with van der Waals surface area (Å²) in [5.41, 5.74) is -0.331. The van der Waals surface area contributed by atoms with E-state index < -0.39 is 17.8 Å². The lowest BCUT2D eigenvalue weighted by Gasteiger charge is -2.21. The highest BCUT2D eigenvalue weighted by Gasteiger charge is 2.30. The van der Waals surface area contributed by atoms with Gasteiger partial charge < -0.3 is 9.84 Å². The number of amides is 1. The summed E-state index contributed by atoms with van der Waals surface area (Å²) in [7, 11) is 0. The van der Waals surface area contributed by atoms with E-state index in [1.807, 2.05) is 27.7 Å². The lowest BCUT2D eigenvalue weighted by Crippen LogP contribution is -2.33. The molecule has 0 aliphatic carbocycles. The van der Waals surface area contributed by atoms with E-state index in [0.717, 1.165) is 18.6 Å². The van der Waals surface area contributed by atoms with Crippen molar-refractivity contribution in [2.45, 2.75) is 52.8 Å². The largest absolute Gasteiger partial charge is 0.416 e. The molecule has 0 aliphatic heterocycles. The molecular weight excluding hydrogens is 359 g/mol. The van der Waals surface area contributed by atoms with Gasteiger partial charge in [0.1, 0.15) is 6.04 Å². The van der Waals surface area contributed by atoms with Gasteiger partial charge in [-0.1, -0.05) is 51.4 Å². The van der Waals surface area contributed by atoms with Crippen LogP contribution in [0.15, 0.2) is 28.8 Å². The van der Waals surface area contributed by atoms with Crippen molar-refractivity contribution >= 4 is 5.91 Å². The number of carbonyl (C=O) groups excluding carboxylic acids is 1. The van der Waals surface area contributed by atoms with E-state index in [0.29, 0.717) is 12.0 Å². The highest BCUT2D eigenvalue weighted by molar-refractivity contribution is 5.76. The summed E-state index contributed by atoms with van der Waals surface area (Å²) in [6.07, 6.45) is -3.24. The van der Waals surface area contributed by atoms with Gasteiger partial charge in [-0.25, -0.2) is 0 Å². The summed E-state index contributed by atoms with van der Waals surface area (Å²) >= 11 is 0. The zero-order valence-electron chi connectivity index (χ0n) is 15.8. The Hall–Kier alpha value is -2.38. The van der Waals surface area contributed by atoms with E-state index >= 15 is 0 Å². The molecule has 0 fully saturated rings. The second-order valence-corrected chi connectivity index (χ2v) is 7.06. The zero-order valence-corrected chi connectivity index (χ0v) is 15.8. The van der Waals surface area contributed by atoms with Crippen LogP contribution in [0.3, 0.4) is 0 Å². The standard InChI is InChI=1S/C19H24F3N3O2/c1-5-12(4)16(23-15(26)10-11(2)3)18-24-17(25-27-18)13-6-8-14(9-7-13)19(20,21)22/h6-9,11-12,16H,5,10H2,1-4H3,(H,23,26)/t12-,16-/m1/s1. The Morgan fingerprint density at radius 1 is 1.19 bits per heavy atom. The number of aromatic nitrogens is 2. The summed E-state index contributed by atoms with van der Waals surface area (Å²) in [5.74, 6) is 0.598. The van der Waals surface area contributed by atoms with Crippen LogP contribution < -0.4 is 5.32 Å². The molecule has 5 nitrogen and oxygen atoms in total. The summed E-state index contributed by atoms with van der Waals surface area (Å²) < 4.78 is 43.4. The van der Waals surface area contributed by atoms with Crippen LogP contribution >= 0.6 is 0 Å². The van der Waals surface area contributed by atoms with Crippen molar-refractivity contribution in [2.24, 2.45) is 11.8 Å². The minimum atomic E-state index is -4.40. The van der Waals surface area contributed by atoms with Crippen molar-refractivity contribution in [1.82, 2.24) is 15.5 Å². The Bertz CT molecular complexity index is 754. The van der Waals surface area contributed by atoms with Crippen molar-refractivity contribution in [3.63, 3.8) is 0 Å². The topological polar surface area (TPSA) is 68.0 Å². The second kappa shape index (κ2) is 8.54. The van der Waals surface area contributed by atoms with E-state index in [4.69, 9.17) is 4.52 Å². The van der Waals surface area contributed by atoms with Crippen molar-refractivity contribution in [1.29, 1.82) is 0 Å². The third kappa shape index (κ3) is 5.55. The Morgan fingerprint density at radius 2 is 1.81 bits per heavy atom. The van der Waals surface area contributed by atoms with Crippen molar-refractivity contribution in [3.05, 3.63) is 35.7 Å². The first-order chi connectivity index (χ1) is 12.6. The first-order valence-electron chi connectivity index (χ1n) is 8.92. The molecule has 2 aromatic rings. The number of rotatable bonds is 7. The number of nitrogens with zero attached hydrogens (tertiary/aromatic N) is 2. The highest BCUT2D eigenvalue weighted by Crippen LogP contribution is 2.31. The van der Waals surface area contributed by atoms with Crippen LogP contribution in [-0.4, -0.2) is 16.0 Å². The minimum absolute atomic E-state index is 0.0574. The van der Waals surface area contributed by atoms with E-state index in [1.54, 1.807) is 0 Å². The summed E-state index contributed by atoms with van der Waals surface area (Å²) in [6, 6.07) is 4.10. The minimum Gasteiger partial charge on any atom is -0.344 e. The zero-order chi connectivity index (χ0) is 20.2. The molecule has 0 saturated heterocycles. The summed E-state index contributed by atoms with van der Waals surface area (Å²) in [4.78, 5) is 16.5. The molecule has 0 aliphatic rings. The summed E-state index contributed by atoms with van der Waals surface area (Å²) in [6.45, 7) is 7.85. The third-order valence-electron chi connectivity index (χ3n) is 4.30. The van der Waals surface area contributed by atoms with Crippen LogP contribution in [0.2, 0.25) is 0 Å². The molecule has 1 aromatic heterocycles. The summed E-state index contributed by atoms with van der Waals surface area (Å²) in [5, 5.41) is 6.79. The average molecular weight is 383 g/mol. The molecule has 2 atom stereocenters. The van der Waals surface area contributed by atoms with Crippen LogP contribution in [0.5, 0.6) is 0 Å². The normalized spacial score (nSPS) is 14.2. The molecule has 0 saturated carbocycles. The number of halogens is 3. The molecule has 2 rings (SSSR count). The molecule has 0 spiro atoms. The van der Waals surface area contributed by atoms with Gasteiger partial charge in [0.25, 0.3) is 0 Å². The van der Waals surface area contributed by atoms with Crippen LogP contribution in [0.1, 0.15) is 58.0 Å². The first-order valence-corrected chi connectivity index (χ1v) is 8.92. The molecule has 1 amide bonds. The Morgan fingerprint density at radius 3 is 2.33 bits per heavy atom. The molecule has 1 heterocycles. The lowest BCUT2D eigenvalue weighted by molar-refractivity contribution is -0.137. The van der Waals surface area contributed by atoms with E-state index in [-0.39, 0.29) is 29.5 Å². The SMILES string of the molecule is CC[C@@H](C)[C@@H](NC(=O)CC(C)C)c1nc(-c2ccc(C(F)(F)F)cc2)no1. The van der Waals surface area contributed by atoms with Crippen molar-refractivity contribution in [3.8, 4) is 11.4 Å². The molecule has 0 bridgehead atoms. The van der Waals surface area contributed by atoms with Gasteiger partial charge in [-0.3, -0.25) is 4.79 Å². The fourth-order valence-corrected chi connectivity index (χ4v) is 2.57. The van der Waals surface area contributed by atoms with Gasteiger partial charge in [-0.05, 0) is 24.0 Å². The lowest BCUT2D eigenvalue weighted by atomic mass is 9.98. The third-order valence-corrected chi connectivity index (χ3v) is 4.30.